The van der Waals surface area contributed by atoms with E-state index >= 15 is 0 Å². The Kier molecular flexibility index (Phi) is 2.95. The van der Waals surface area contributed by atoms with Gasteiger partial charge in [0.15, 0.2) is 5.78 Å². The molecule has 2 aliphatic rings. The SMILES string of the molecule is O=C1CO[C@H]2C[C@H](OCc3ccccc3)C[C@@H]12. The molecule has 0 unspecified atom stereocenters. The Hall–Kier alpha value is -1.19. The van der Waals surface area contributed by atoms with Gasteiger partial charge in [0.05, 0.1) is 18.8 Å². The maximum Gasteiger partial charge on any atom is 0.164 e. The number of ether oxygens (including phenoxy) is 2. The van der Waals surface area contributed by atoms with Crippen molar-refractivity contribution in [2.75, 3.05) is 6.61 Å². The maximum absolute atomic E-state index is 11.5. The lowest BCUT2D eigenvalue weighted by atomic mass is 10.0. The largest absolute Gasteiger partial charge is 0.373 e. The van der Waals surface area contributed by atoms with Gasteiger partial charge in [-0.15, -0.1) is 0 Å². The molecule has 1 saturated carbocycles. The summed E-state index contributed by atoms with van der Waals surface area (Å²) in [7, 11) is 0. The molecule has 3 atom stereocenters. The summed E-state index contributed by atoms with van der Waals surface area (Å²) < 4.78 is 11.3. The summed E-state index contributed by atoms with van der Waals surface area (Å²) >= 11 is 0. The van der Waals surface area contributed by atoms with Crippen LogP contribution in [-0.2, 0) is 20.9 Å². The van der Waals surface area contributed by atoms with Crippen LogP contribution < -0.4 is 0 Å². The van der Waals surface area contributed by atoms with Gasteiger partial charge in [-0.05, 0) is 12.0 Å². The third-order valence-electron chi connectivity index (χ3n) is 3.64. The number of Topliss-reactive ketones (excluding diaryl/α,β-unsaturated/α-hetero) is 1. The van der Waals surface area contributed by atoms with Crippen LogP contribution in [0.4, 0.5) is 0 Å². The van der Waals surface area contributed by atoms with E-state index in [0.29, 0.717) is 13.2 Å². The number of benzene rings is 1. The van der Waals surface area contributed by atoms with Crippen LogP contribution in [0, 0.1) is 5.92 Å². The summed E-state index contributed by atoms with van der Waals surface area (Å²) in [6, 6.07) is 10.1. The molecular formula is C14H16O3. The second-order valence-corrected chi connectivity index (χ2v) is 4.81. The minimum Gasteiger partial charge on any atom is -0.373 e. The minimum absolute atomic E-state index is 0.0933. The smallest absolute Gasteiger partial charge is 0.164 e. The average molecular weight is 232 g/mol. The van der Waals surface area contributed by atoms with Gasteiger partial charge in [-0.2, -0.15) is 0 Å². The molecule has 0 bridgehead atoms. The highest BCUT2D eigenvalue weighted by atomic mass is 16.5. The van der Waals surface area contributed by atoms with Crippen molar-refractivity contribution < 1.29 is 14.3 Å². The number of hydrogen-bond donors (Lipinski definition) is 0. The Morgan fingerprint density at radius 2 is 2.06 bits per heavy atom. The van der Waals surface area contributed by atoms with E-state index in [9.17, 15) is 4.79 Å². The van der Waals surface area contributed by atoms with E-state index in [-0.39, 0.29) is 23.9 Å². The van der Waals surface area contributed by atoms with Crippen molar-refractivity contribution in [1.82, 2.24) is 0 Å². The molecule has 2 fully saturated rings. The van der Waals surface area contributed by atoms with E-state index in [0.717, 1.165) is 12.8 Å². The van der Waals surface area contributed by atoms with E-state index in [1.54, 1.807) is 0 Å². The van der Waals surface area contributed by atoms with Crippen molar-refractivity contribution >= 4 is 5.78 Å². The van der Waals surface area contributed by atoms with Crippen molar-refractivity contribution in [3.63, 3.8) is 0 Å². The molecule has 1 aliphatic carbocycles. The summed E-state index contributed by atoms with van der Waals surface area (Å²) in [6.07, 6.45) is 1.98. The summed E-state index contributed by atoms with van der Waals surface area (Å²) in [5, 5.41) is 0. The molecule has 0 spiro atoms. The molecule has 90 valence electrons. The van der Waals surface area contributed by atoms with Crippen LogP contribution in [0.25, 0.3) is 0 Å². The van der Waals surface area contributed by atoms with E-state index in [4.69, 9.17) is 9.47 Å². The zero-order chi connectivity index (χ0) is 11.7. The molecule has 3 nitrogen and oxygen atoms in total. The van der Waals surface area contributed by atoms with Crippen LogP contribution in [0.15, 0.2) is 30.3 Å². The molecule has 1 aliphatic heterocycles. The van der Waals surface area contributed by atoms with Gasteiger partial charge < -0.3 is 9.47 Å². The molecule has 1 aromatic carbocycles. The Labute approximate surface area is 101 Å². The van der Waals surface area contributed by atoms with Crippen LogP contribution in [-0.4, -0.2) is 24.6 Å². The third kappa shape index (κ3) is 2.26. The lowest BCUT2D eigenvalue weighted by molar-refractivity contribution is -0.121. The number of carbonyl (C=O) groups excluding carboxylic acids is 1. The fraction of sp³-hybridized carbons (Fsp3) is 0.500. The van der Waals surface area contributed by atoms with Gasteiger partial charge in [-0.1, -0.05) is 30.3 Å². The normalized spacial score (nSPS) is 31.8. The summed E-state index contributed by atoms with van der Waals surface area (Å²) in [5.74, 6) is 0.344. The lowest BCUT2D eigenvalue weighted by Gasteiger charge is -2.12. The lowest BCUT2D eigenvalue weighted by Crippen LogP contribution is -2.13. The molecule has 1 aromatic rings. The van der Waals surface area contributed by atoms with Crippen molar-refractivity contribution in [3.05, 3.63) is 35.9 Å². The van der Waals surface area contributed by atoms with Gasteiger partial charge >= 0.3 is 0 Å². The zero-order valence-electron chi connectivity index (χ0n) is 9.67. The van der Waals surface area contributed by atoms with E-state index in [2.05, 4.69) is 12.1 Å². The van der Waals surface area contributed by atoms with Gasteiger partial charge in [0, 0.05) is 12.3 Å². The van der Waals surface area contributed by atoms with Gasteiger partial charge in [-0.25, -0.2) is 0 Å². The van der Waals surface area contributed by atoms with Crippen LogP contribution in [0.1, 0.15) is 18.4 Å². The first-order valence-corrected chi connectivity index (χ1v) is 6.13. The van der Waals surface area contributed by atoms with Crippen LogP contribution in [0.2, 0.25) is 0 Å². The predicted octanol–water partition coefficient (Wildman–Crippen LogP) is 1.95. The molecule has 1 saturated heterocycles. The van der Waals surface area contributed by atoms with Crippen molar-refractivity contribution in [2.45, 2.75) is 31.7 Å². The monoisotopic (exact) mass is 232 g/mol. The number of ketones is 1. The van der Waals surface area contributed by atoms with Gasteiger partial charge in [0.2, 0.25) is 0 Å². The summed E-state index contributed by atoms with van der Waals surface area (Å²) in [5.41, 5.74) is 1.18. The molecule has 17 heavy (non-hydrogen) atoms. The van der Waals surface area contributed by atoms with Crippen molar-refractivity contribution in [3.8, 4) is 0 Å². The molecule has 1 heterocycles. The number of carbonyl (C=O) groups is 1. The number of hydrogen-bond acceptors (Lipinski definition) is 3. The van der Waals surface area contributed by atoms with Crippen molar-refractivity contribution in [1.29, 1.82) is 0 Å². The summed E-state index contributed by atoms with van der Waals surface area (Å²) in [6.45, 7) is 0.930. The van der Waals surface area contributed by atoms with Gasteiger partial charge in [-0.3, -0.25) is 4.79 Å². The topological polar surface area (TPSA) is 35.5 Å². The highest BCUT2D eigenvalue weighted by Gasteiger charge is 2.44. The van der Waals surface area contributed by atoms with Crippen LogP contribution >= 0.6 is 0 Å². The Balaban J connectivity index is 1.53. The second kappa shape index (κ2) is 4.59. The highest BCUT2D eigenvalue weighted by molar-refractivity contribution is 5.84. The molecular weight excluding hydrogens is 216 g/mol. The molecule has 0 amide bonds. The molecule has 0 radical (unpaired) electrons. The van der Waals surface area contributed by atoms with Gasteiger partial charge in [0.25, 0.3) is 0 Å². The Morgan fingerprint density at radius 3 is 2.82 bits per heavy atom. The molecule has 0 aromatic heterocycles. The van der Waals surface area contributed by atoms with E-state index in [1.807, 2.05) is 18.2 Å². The Morgan fingerprint density at radius 1 is 1.24 bits per heavy atom. The highest BCUT2D eigenvalue weighted by Crippen LogP contribution is 2.35. The number of rotatable bonds is 3. The number of fused-ring (bicyclic) bond motifs is 1. The predicted molar refractivity (Wildman–Crippen MR) is 62.5 cm³/mol. The first kappa shape index (κ1) is 10.9. The third-order valence-corrected chi connectivity index (χ3v) is 3.64. The van der Waals surface area contributed by atoms with Crippen LogP contribution in [0.3, 0.4) is 0 Å². The fourth-order valence-corrected chi connectivity index (χ4v) is 2.70. The minimum atomic E-state index is 0.0933. The zero-order valence-corrected chi connectivity index (χ0v) is 9.67. The summed E-state index contributed by atoms with van der Waals surface area (Å²) in [4.78, 5) is 11.5. The standard InChI is InChI=1S/C14H16O3/c15-13-9-17-14-7-11(6-12(13)14)16-8-10-4-2-1-3-5-10/h1-5,11-12,14H,6-9H2/t11-,12+,14+/m1/s1. The first-order valence-electron chi connectivity index (χ1n) is 6.13. The van der Waals surface area contributed by atoms with Crippen LogP contribution in [0.5, 0.6) is 0 Å². The maximum atomic E-state index is 11.5. The van der Waals surface area contributed by atoms with Gasteiger partial charge in [0.1, 0.15) is 6.61 Å². The molecule has 3 rings (SSSR count). The first-order chi connectivity index (χ1) is 8.33. The molecule has 3 heteroatoms. The molecule has 0 N–H and O–H groups in total. The van der Waals surface area contributed by atoms with Crippen molar-refractivity contribution in [2.24, 2.45) is 5.92 Å². The average Bonchev–Trinajstić information content (AvgIpc) is 2.91. The Bertz CT molecular complexity index is 401. The fourth-order valence-electron chi connectivity index (χ4n) is 2.70. The van der Waals surface area contributed by atoms with E-state index in [1.165, 1.54) is 5.56 Å². The van der Waals surface area contributed by atoms with E-state index < -0.39 is 0 Å². The second-order valence-electron chi connectivity index (χ2n) is 4.81. The quantitative estimate of drug-likeness (QED) is 0.799.